The van der Waals surface area contributed by atoms with Crippen LogP contribution < -0.4 is 5.32 Å². The molecular formula is C19H38IN3O3. The molecule has 1 saturated carbocycles. The Morgan fingerprint density at radius 3 is 2.50 bits per heavy atom. The second-order valence-electron chi connectivity index (χ2n) is 7.25. The van der Waals surface area contributed by atoms with E-state index in [-0.39, 0.29) is 24.0 Å². The summed E-state index contributed by atoms with van der Waals surface area (Å²) in [7, 11) is 3.62. The minimum atomic E-state index is 0. The first-order chi connectivity index (χ1) is 12.2. The average Bonchev–Trinajstić information content (AvgIpc) is 3.41. The van der Waals surface area contributed by atoms with Crippen molar-refractivity contribution in [2.45, 2.75) is 51.6 Å². The van der Waals surface area contributed by atoms with E-state index >= 15 is 0 Å². The largest absolute Gasteiger partial charge is 0.385 e. The SMILES string of the molecule is CCOCCC1(CNC(=NC)N2CCC(OCCCOC)CC2)CC1.I. The molecule has 154 valence electrons. The molecule has 1 saturated heterocycles. The maximum atomic E-state index is 5.95. The van der Waals surface area contributed by atoms with E-state index in [2.05, 4.69) is 22.1 Å². The molecule has 2 rings (SSSR count). The fraction of sp³-hybridized carbons (Fsp3) is 0.947. The van der Waals surface area contributed by atoms with Crippen LogP contribution in [0.4, 0.5) is 0 Å². The Balaban J connectivity index is 0.00000338. The van der Waals surface area contributed by atoms with Gasteiger partial charge in [-0.15, -0.1) is 24.0 Å². The quantitative estimate of drug-likeness (QED) is 0.212. The number of rotatable bonds is 11. The van der Waals surface area contributed by atoms with Crippen LogP contribution in [0.25, 0.3) is 0 Å². The van der Waals surface area contributed by atoms with Gasteiger partial charge < -0.3 is 24.4 Å². The summed E-state index contributed by atoms with van der Waals surface area (Å²) in [6.45, 7) is 8.37. The van der Waals surface area contributed by atoms with Crippen molar-refractivity contribution in [3.63, 3.8) is 0 Å². The van der Waals surface area contributed by atoms with Gasteiger partial charge in [-0.3, -0.25) is 4.99 Å². The van der Waals surface area contributed by atoms with Crippen LogP contribution in [0.15, 0.2) is 4.99 Å². The van der Waals surface area contributed by atoms with E-state index in [4.69, 9.17) is 14.2 Å². The van der Waals surface area contributed by atoms with E-state index in [0.717, 1.165) is 77.7 Å². The molecule has 0 aromatic rings. The van der Waals surface area contributed by atoms with Crippen molar-refractivity contribution in [3.8, 4) is 0 Å². The third-order valence-corrected chi connectivity index (χ3v) is 5.36. The standard InChI is InChI=1S/C19H37N3O3.HI/c1-4-24-15-10-19(8-9-19)16-21-18(20-2)22-11-6-17(7-12-22)25-14-5-13-23-3;/h17H,4-16H2,1-3H3,(H,20,21);1H. The molecule has 1 aliphatic carbocycles. The molecule has 1 aliphatic heterocycles. The molecule has 0 aromatic heterocycles. The van der Waals surface area contributed by atoms with Crippen molar-refractivity contribution in [2.75, 3.05) is 60.2 Å². The predicted molar refractivity (Wildman–Crippen MR) is 117 cm³/mol. The molecule has 1 heterocycles. The van der Waals surface area contributed by atoms with Crippen LogP contribution in [-0.4, -0.2) is 77.2 Å². The van der Waals surface area contributed by atoms with E-state index in [1.54, 1.807) is 7.11 Å². The van der Waals surface area contributed by atoms with Crippen molar-refractivity contribution >= 4 is 29.9 Å². The second-order valence-corrected chi connectivity index (χ2v) is 7.25. The van der Waals surface area contributed by atoms with Gasteiger partial charge in [0.15, 0.2) is 5.96 Å². The first-order valence-corrected chi connectivity index (χ1v) is 9.87. The Labute approximate surface area is 176 Å². The Morgan fingerprint density at radius 2 is 1.92 bits per heavy atom. The highest BCUT2D eigenvalue weighted by Crippen LogP contribution is 2.48. The van der Waals surface area contributed by atoms with Crippen LogP contribution in [0.1, 0.15) is 45.4 Å². The Morgan fingerprint density at radius 1 is 1.19 bits per heavy atom. The summed E-state index contributed by atoms with van der Waals surface area (Å²) >= 11 is 0. The molecule has 0 unspecified atom stereocenters. The molecule has 0 amide bonds. The summed E-state index contributed by atoms with van der Waals surface area (Å²) in [5.41, 5.74) is 0.438. The number of hydrogen-bond donors (Lipinski definition) is 1. The van der Waals surface area contributed by atoms with E-state index in [0.29, 0.717) is 11.5 Å². The zero-order valence-electron chi connectivity index (χ0n) is 16.8. The molecule has 2 aliphatic rings. The molecule has 0 atom stereocenters. The molecular weight excluding hydrogens is 445 g/mol. The van der Waals surface area contributed by atoms with Crippen LogP contribution in [0.5, 0.6) is 0 Å². The molecule has 6 nitrogen and oxygen atoms in total. The van der Waals surface area contributed by atoms with Gasteiger partial charge in [0, 0.05) is 60.2 Å². The minimum Gasteiger partial charge on any atom is -0.385 e. The number of ether oxygens (including phenoxy) is 3. The average molecular weight is 483 g/mol. The van der Waals surface area contributed by atoms with Crippen LogP contribution in [0.3, 0.4) is 0 Å². The lowest BCUT2D eigenvalue weighted by atomic mass is 10.0. The van der Waals surface area contributed by atoms with E-state index in [1.807, 2.05) is 7.05 Å². The number of nitrogens with zero attached hydrogens (tertiary/aromatic N) is 2. The molecule has 26 heavy (non-hydrogen) atoms. The van der Waals surface area contributed by atoms with Crippen molar-refractivity contribution in [1.82, 2.24) is 10.2 Å². The van der Waals surface area contributed by atoms with Crippen LogP contribution >= 0.6 is 24.0 Å². The third-order valence-electron chi connectivity index (χ3n) is 5.36. The van der Waals surface area contributed by atoms with Crippen LogP contribution in [0.2, 0.25) is 0 Å². The molecule has 0 bridgehead atoms. The van der Waals surface area contributed by atoms with E-state index in [1.165, 1.54) is 12.8 Å². The lowest BCUT2D eigenvalue weighted by molar-refractivity contribution is 0.00985. The van der Waals surface area contributed by atoms with Crippen LogP contribution in [-0.2, 0) is 14.2 Å². The third kappa shape index (κ3) is 8.27. The van der Waals surface area contributed by atoms with Gasteiger partial charge in [0.1, 0.15) is 0 Å². The van der Waals surface area contributed by atoms with Gasteiger partial charge in [-0.05, 0) is 50.9 Å². The minimum absolute atomic E-state index is 0. The van der Waals surface area contributed by atoms with Crippen molar-refractivity contribution in [3.05, 3.63) is 0 Å². The number of aliphatic imine (C=N–C) groups is 1. The lowest BCUT2D eigenvalue weighted by Gasteiger charge is -2.34. The summed E-state index contributed by atoms with van der Waals surface area (Å²) < 4.78 is 16.5. The molecule has 7 heteroatoms. The highest BCUT2D eigenvalue weighted by Gasteiger charge is 2.42. The number of nitrogens with one attached hydrogen (secondary N) is 1. The molecule has 0 spiro atoms. The van der Waals surface area contributed by atoms with Gasteiger partial charge in [0.05, 0.1) is 6.10 Å². The zero-order chi connectivity index (χ0) is 18.0. The van der Waals surface area contributed by atoms with Crippen molar-refractivity contribution in [2.24, 2.45) is 10.4 Å². The molecule has 0 radical (unpaired) electrons. The van der Waals surface area contributed by atoms with Gasteiger partial charge in [0.25, 0.3) is 0 Å². The summed E-state index contributed by atoms with van der Waals surface area (Å²) in [4.78, 5) is 6.86. The Bertz CT molecular complexity index is 397. The van der Waals surface area contributed by atoms with Gasteiger partial charge in [-0.1, -0.05) is 0 Å². The Kier molecular flexibility index (Phi) is 12.1. The normalized spacial score (nSPS) is 20.0. The summed E-state index contributed by atoms with van der Waals surface area (Å²) in [6.07, 6.45) is 7.27. The monoisotopic (exact) mass is 483 g/mol. The summed E-state index contributed by atoms with van der Waals surface area (Å²) in [5.74, 6) is 1.04. The van der Waals surface area contributed by atoms with Crippen molar-refractivity contribution in [1.29, 1.82) is 0 Å². The van der Waals surface area contributed by atoms with E-state index < -0.39 is 0 Å². The maximum absolute atomic E-state index is 5.95. The van der Waals surface area contributed by atoms with Crippen LogP contribution in [0, 0.1) is 5.41 Å². The molecule has 2 fully saturated rings. The zero-order valence-corrected chi connectivity index (χ0v) is 19.1. The highest BCUT2D eigenvalue weighted by molar-refractivity contribution is 14.0. The number of halogens is 1. The number of likely N-dealkylation sites (tertiary alicyclic amines) is 1. The van der Waals surface area contributed by atoms with Crippen molar-refractivity contribution < 1.29 is 14.2 Å². The second kappa shape index (κ2) is 13.1. The molecule has 0 aromatic carbocycles. The number of methoxy groups -OCH3 is 1. The summed E-state index contributed by atoms with van der Waals surface area (Å²) in [6, 6.07) is 0. The highest BCUT2D eigenvalue weighted by atomic mass is 127. The summed E-state index contributed by atoms with van der Waals surface area (Å²) in [5, 5.41) is 3.61. The smallest absolute Gasteiger partial charge is 0.193 e. The maximum Gasteiger partial charge on any atom is 0.193 e. The van der Waals surface area contributed by atoms with Gasteiger partial charge in [0.2, 0.25) is 0 Å². The number of hydrogen-bond acceptors (Lipinski definition) is 4. The van der Waals surface area contributed by atoms with Gasteiger partial charge >= 0.3 is 0 Å². The first-order valence-electron chi connectivity index (χ1n) is 9.87. The predicted octanol–water partition coefficient (Wildman–Crippen LogP) is 2.90. The van der Waals surface area contributed by atoms with Gasteiger partial charge in [-0.2, -0.15) is 0 Å². The lowest BCUT2D eigenvalue weighted by Crippen LogP contribution is -2.48. The number of piperidine rings is 1. The topological polar surface area (TPSA) is 55.3 Å². The fourth-order valence-corrected chi connectivity index (χ4v) is 3.41. The first kappa shape index (κ1) is 23.9. The fourth-order valence-electron chi connectivity index (χ4n) is 3.41. The van der Waals surface area contributed by atoms with Gasteiger partial charge in [-0.25, -0.2) is 0 Å². The molecule has 1 N–H and O–H groups in total. The van der Waals surface area contributed by atoms with E-state index in [9.17, 15) is 0 Å². The number of guanidine groups is 1. The Hall–Kier alpha value is -0.120.